The Morgan fingerprint density at radius 2 is 1.36 bits per heavy atom. The van der Waals surface area contributed by atoms with Gasteiger partial charge in [-0.15, -0.1) is 0 Å². The van der Waals surface area contributed by atoms with Gasteiger partial charge in [0.25, 0.3) is 0 Å². The molecule has 1 aromatic heterocycles. The van der Waals surface area contributed by atoms with Gasteiger partial charge in [-0.05, 0) is 23.6 Å². The Balaban J connectivity index is 1.50. The van der Waals surface area contributed by atoms with Crippen LogP contribution in [0.15, 0.2) is 83.4 Å². The topological polar surface area (TPSA) is 38.9 Å². The second kappa shape index (κ2) is 6.73. The lowest BCUT2D eigenvalue weighted by molar-refractivity contribution is 0.385. The van der Waals surface area contributed by atoms with E-state index in [-0.39, 0.29) is 0 Å². The molecule has 0 aliphatic heterocycles. The van der Waals surface area contributed by atoms with Gasteiger partial charge in [0.05, 0.1) is 6.42 Å². The predicted octanol–water partition coefficient (Wildman–Crippen LogP) is 5.30. The zero-order chi connectivity index (χ0) is 17.1. The SMILES string of the molecule is Cc1ccc(-c2noc(Cc3ccc(-c4ccccc4)cc3)n2)cc1. The van der Waals surface area contributed by atoms with E-state index in [2.05, 4.69) is 53.5 Å². The number of rotatable bonds is 4. The van der Waals surface area contributed by atoms with Crippen LogP contribution in [-0.4, -0.2) is 10.1 Å². The van der Waals surface area contributed by atoms with E-state index in [1.807, 2.05) is 42.5 Å². The number of benzene rings is 3. The molecule has 0 saturated heterocycles. The highest BCUT2D eigenvalue weighted by Gasteiger charge is 2.09. The van der Waals surface area contributed by atoms with Crippen molar-refractivity contribution in [2.24, 2.45) is 0 Å². The fourth-order valence-electron chi connectivity index (χ4n) is 2.77. The van der Waals surface area contributed by atoms with Gasteiger partial charge in [-0.2, -0.15) is 4.98 Å². The number of aromatic nitrogens is 2. The first kappa shape index (κ1) is 15.3. The first-order chi connectivity index (χ1) is 12.3. The van der Waals surface area contributed by atoms with Crippen molar-refractivity contribution in [2.45, 2.75) is 13.3 Å². The van der Waals surface area contributed by atoms with Crippen molar-refractivity contribution < 1.29 is 4.52 Å². The van der Waals surface area contributed by atoms with Crippen molar-refractivity contribution in [3.63, 3.8) is 0 Å². The number of hydrogen-bond acceptors (Lipinski definition) is 3. The van der Waals surface area contributed by atoms with E-state index >= 15 is 0 Å². The Morgan fingerprint density at radius 1 is 0.720 bits per heavy atom. The number of nitrogens with zero attached hydrogens (tertiary/aromatic N) is 2. The van der Waals surface area contributed by atoms with Gasteiger partial charge in [0.15, 0.2) is 0 Å². The quantitative estimate of drug-likeness (QED) is 0.510. The maximum absolute atomic E-state index is 5.41. The minimum absolute atomic E-state index is 0.628. The van der Waals surface area contributed by atoms with Gasteiger partial charge in [0, 0.05) is 5.56 Å². The van der Waals surface area contributed by atoms with Gasteiger partial charge in [0.1, 0.15) is 0 Å². The molecule has 0 unspecified atom stereocenters. The van der Waals surface area contributed by atoms with E-state index < -0.39 is 0 Å². The van der Waals surface area contributed by atoms with Crippen LogP contribution in [0, 0.1) is 6.92 Å². The molecular formula is C22H18N2O. The molecule has 25 heavy (non-hydrogen) atoms. The summed E-state index contributed by atoms with van der Waals surface area (Å²) in [6.07, 6.45) is 0.633. The van der Waals surface area contributed by atoms with E-state index in [1.54, 1.807) is 0 Å². The van der Waals surface area contributed by atoms with Crippen LogP contribution in [0.2, 0.25) is 0 Å². The van der Waals surface area contributed by atoms with Gasteiger partial charge >= 0.3 is 0 Å². The lowest BCUT2D eigenvalue weighted by atomic mass is 10.0. The third kappa shape index (κ3) is 3.50. The van der Waals surface area contributed by atoms with Crippen LogP contribution >= 0.6 is 0 Å². The van der Waals surface area contributed by atoms with Gasteiger partial charge < -0.3 is 4.52 Å². The second-order valence-corrected chi connectivity index (χ2v) is 6.12. The molecule has 3 heteroatoms. The molecule has 0 atom stereocenters. The average molecular weight is 326 g/mol. The molecule has 1 heterocycles. The van der Waals surface area contributed by atoms with Crippen LogP contribution in [0.4, 0.5) is 0 Å². The molecule has 3 nitrogen and oxygen atoms in total. The molecule has 0 bridgehead atoms. The minimum atomic E-state index is 0.628. The lowest BCUT2D eigenvalue weighted by Crippen LogP contribution is -1.89. The summed E-state index contributed by atoms with van der Waals surface area (Å²) in [6, 6.07) is 26.9. The number of hydrogen-bond donors (Lipinski definition) is 0. The molecule has 0 fully saturated rings. The van der Waals surface area contributed by atoms with Gasteiger partial charge in [-0.25, -0.2) is 0 Å². The molecule has 4 aromatic rings. The van der Waals surface area contributed by atoms with Crippen LogP contribution < -0.4 is 0 Å². The summed E-state index contributed by atoms with van der Waals surface area (Å²) in [5.41, 5.74) is 5.76. The van der Waals surface area contributed by atoms with E-state index in [4.69, 9.17) is 4.52 Å². The highest BCUT2D eigenvalue weighted by Crippen LogP contribution is 2.21. The Labute approximate surface area is 147 Å². The van der Waals surface area contributed by atoms with E-state index in [9.17, 15) is 0 Å². The summed E-state index contributed by atoms with van der Waals surface area (Å²) in [5.74, 6) is 1.26. The monoisotopic (exact) mass is 326 g/mol. The third-order valence-corrected chi connectivity index (χ3v) is 4.19. The second-order valence-electron chi connectivity index (χ2n) is 6.12. The molecule has 4 rings (SSSR count). The largest absolute Gasteiger partial charge is 0.339 e. The summed E-state index contributed by atoms with van der Waals surface area (Å²) in [6.45, 7) is 2.06. The molecule has 3 aromatic carbocycles. The van der Waals surface area contributed by atoms with Crippen LogP contribution in [-0.2, 0) is 6.42 Å². The summed E-state index contributed by atoms with van der Waals surface area (Å²) < 4.78 is 5.41. The Hall–Kier alpha value is -3.20. The molecule has 0 spiro atoms. The first-order valence-electron chi connectivity index (χ1n) is 8.32. The Bertz CT molecular complexity index is 955. The van der Waals surface area contributed by atoms with E-state index in [0.717, 1.165) is 11.1 Å². The van der Waals surface area contributed by atoms with E-state index in [0.29, 0.717) is 18.1 Å². The Morgan fingerprint density at radius 3 is 2.08 bits per heavy atom. The van der Waals surface area contributed by atoms with E-state index in [1.165, 1.54) is 16.7 Å². The standard InChI is InChI=1S/C22H18N2O/c1-16-7-11-20(12-8-16)22-23-21(25-24-22)15-17-9-13-19(14-10-17)18-5-3-2-4-6-18/h2-14H,15H2,1H3. The maximum atomic E-state index is 5.41. The minimum Gasteiger partial charge on any atom is -0.339 e. The highest BCUT2D eigenvalue weighted by atomic mass is 16.5. The maximum Gasteiger partial charge on any atom is 0.231 e. The van der Waals surface area contributed by atoms with Crippen molar-refractivity contribution in [3.8, 4) is 22.5 Å². The van der Waals surface area contributed by atoms with Gasteiger partial charge in [-0.1, -0.05) is 89.6 Å². The van der Waals surface area contributed by atoms with Crippen molar-refractivity contribution in [2.75, 3.05) is 0 Å². The zero-order valence-corrected chi connectivity index (χ0v) is 14.0. The van der Waals surface area contributed by atoms with Gasteiger partial charge in [0.2, 0.25) is 11.7 Å². The molecular weight excluding hydrogens is 308 g/mol. The molecule has 0 N–H and O–H groups in total. The molecule has 0 aliphatic carbocycles. The first-order valence-corrected chi connectivity index (χ1v) is 8.32. The predicted molar refractivity (Wildman–Crippen MR) is 99.2 cm³/mol. The summed E-state index contributed by atoms with van der Waals surface area (Å²) >= 11 is 0. The summed E-state index contributed by atoms with van der Waals surface area (Å²) in [7, 11) is 0. The van der Waals surface area contributed by atoms with Crippen molar-refractivity contribution in [1.82, 2.24) is 10.1 Å². The van der Waals surface area contributed by atoms with Crippen LogP contribution in [0.25, 0.3) is 22.5 Å². The average Bonchev–Trinajstić information content (AvgIpc) is 3.12. The summed E-state index contributed by atoms with van der Waals surface area (Å²) in [4.78, 5) is 4.51. The molecule has 0 amide bonds. The third-order valence-electron chi connectivity index (χ3n) is 4.19. The molecule has 0 saturated carbocycles. The fourth-order valence-corrected chi connectivity index (χ4v) is 2.77. The van der Waals surface area contributed by atoms with Crippen molar-refractivity contribution in [1.29, 1.82) is 0 Å². The van der Waals surface area contributed by atoms with Crippen molar-refractivity contribution in [3.05, 3.63) is 95.9 Å². The van der Waals surface area contributed by atoms with Crippen LogP contribution in [0.3, 0.4) is 0 Å². The number of aryl methyl sites for hydroxylation is 1. The molecule has 0 radical (unpaired) electrons. The smallest absolute Gasteiger partial charge is 0.231 e. The molecule has 0 aliphatic rings. The van der Waals surface area contributed by atoms with Gasteiger partial charge in [-0.3, -0.25) is 0 Å². The molecule has 122 valence electrons. The zero-order valence-electron chi connectivity index (χ0n) is 14.0. The normalized spacial score (nSPS) is 10.8. The summed E-state index contributed by atoms with van der Waals surface area (Å²) in [5, 5.41) is 4.09. The lowest BCUT2D eigenvalue weighted by Gasteiger charge is -2.02. The van der Waals surface area contributed by atoms with Crippen LogP contribution in [0.5, 0.6) is 0 Å². The Kier molecular flexibility index (Phi) is 4.13. The van der Waals surface area contributed by atoms with Crippen LogP contribution in [0.1, 0.15) is 17.0 Å². The van der Waals surface area contributed by atoms with Crippen molar-refractivity contribution >= 4 is 0 Å². The highest BCUT2D eigenvalue weighted by molar-refractivity contribution is 5.63. The fraction of sp³-hybridized carbons (Fsp3) is 0.0909.